The van der Waals surface area contributed by atoms with Crippen molar-refractivity contribution in [3.05, 3.63) is 34.4 Å². The summed E-state index contributed by atoms with van der Waals surface area (Å²) in [5, 5.41) is 13.4. The Labute approximate surface area is 139 Å². The van der Waals surface area contributed by atoms with E-state index in [1.54, 1.807) is 0 Å². The third-order valence-corrected chi connectivity index (χ3v) is 5.11. The Kier molecular flexibility index (Phi) is 6.23. The maximum Gasteiger partial charge on any atom is 0.270 e. The summed E-state index contributed by atoms with van der Waals surface area (Å²) in [5.41, 5.74) is -0.300. The Morgan fingerprint density at radius 3 is 2.67 bits per heavy atom. The van der Waals surface area contributed by atoms with Crippen molar-refractivity contribution in [3.8, 4) is 0 Å². The number of nitrogens with zero attached hydrogens (tertiary/aromatic N) is 1. The van der Waals surface area contributed by atoms with Gasteiger partial charge >= 0.3 is 0 Å². The Morgan fingerprint density at radius 1 is 1.29 bits per heavy atom. The molecule has 132 valence electrons. The smallest absolute Gasteiger partial charge is 0.270 e. The van der Waals surface area contributed by atoms with Crippen LogP contribution in [0.3, 0.4) is 0 Å². The summed E-state index contributed by atoms with van der Waals surface area (Å²) in [7, 11) is -3.86. The molecule has 1 amide bonds. The maximum atomic E-state index is 12.1. The fourth-order valence-electron chi connectivity index (χ4n) is 2.32. The molecule has 1 saturated heterocycles. The van der Waals surface area contributed by atoms with Crippen molar-refractivity contribution in [3.63, 3.8) is 0 Å². The summed E-state index contributed by atoms with van der Waals surface area (Å²) in [6.45, 7) is 1.25. The first kappa shape index (κ1) is 18.3. The van der Waals surface area contributed by atoms with Crippen LogP contribution in [0.25, 0.3) is 0 Å². The average molecular weight is 357 g/mol. The molecule has 0 radical (unpaired) electrons. The highest BCUT2D eigenvalue weighted by Crippen LogP contribution is 2.17. The van der Waals surface area contributed by atoms with Crippen LogP contribution in [0.15, 0.2) is 29.2 Å². The first-order valence-electron chi connectivity index (χ1n) is 7.50. The number of carbonyl (C=O) groups excluding carboxylic acids is 1. The van der Waals surface area contributed by atoms with Crippen LogP contribution in [0.4, 0.5) is 5.69 Å². The molecule has 0 aliphatic carbocycles. The van der Waals surface area contributed by atoms with Crippen LogP contribution >= 0.6 is 0 Å². The Morgan fingerprint density at radius 2 is 2.00 bits per heavy atom. The van der Waals surface area contributed by atoms with Crippen LogP contribution < -0.4 is 10.0 Å². The molecule has 0 unspecified atom stereocenters. The molecule has 24 heavy (non-hydrogen) atoms. The van der Waals surface area contributed by atoms with Crippen LogP contribution in [0.5, 0.6) is 0 Å². The highest BCUT2D eigenvalue weighted by molar-refractivity contribution is 7.89. The number of hydrogen-bond acceptors (Lipinski definition) is 6. The minimum atomic E-state index is -3.86. The van der Waals surface area contributed by atoms with Gasteiger partial charge in [-0.25, -0.2) is 13.1 Å². The van der Waals surface area contributed by atoms with E-state index >= 15 is 0 Å². The van der Waals surface area contributed by atoms with E-state index < -0.39 is 14.9 Å². The second-order valence-corrected chi connectivity index (χ2v) is 7.10. The normalized spacial score (nSPS) is 15.8. The van der Waals surface area contributed by atoms with Gasteiger partial charge in [0, 0.05) is 44.4 Å². The number of nitro benzene ring substituents is 1. The summed E-state index contributed by atoms with van der Waals surface area (Å²) in [5.74, 6) is -0.222. The Hall–Kier alpha value is -2.04. The largest absolute Gasteiger partial charge is 0.381 e. The quantitative estimate of drug-likeness (QED) is 0.413. The highest BCUT2D eigenvalue weighted by Gasteiger charge is 2.21. The zero-order chi connectivity index (χ0) is 17.6. The number of ether oxygens (including phenoxy) is 1. The van der Waals surface area contributed by atoms with Gasteiger partial charge in [0.15, 0.2) is 0 Å². The van der Waals surface area contributed by atoms with Crippen molar-refractivity contribution in [1.82, 2.24) is 10.0 Å². The molecule has 1 fully saturated rings. The molecule has 0 bridgehead atoms. The number of rotatable bonds is 7. The predicted molar refractivity (Wildman–Crippen MR) is 84.8 cm³/mol. The predicted octanol–water partition coefficient (Wildman–Crippen LogP) is 0.416. The summed E-state index contributed by atoms with van der Waals surface area (Å²) >= 11 is 0. The molecule has 2 rings (SSSR count). The van der Waals surface area contributed by atoms with Gasteiger partial charge in [-0.15, -0.1) is 0 Å². The molecular weight excluding hydrogens is 338 g/mol. The summed E-state index contributed by atoms with van der Waals surface area (Å²) in [6, 6.07) is 4.78. The Balaban J connectivity index is 1.83. The molecule has 1 aliphatic rings. The number of benzene rings is 1. The zero-order valence-corrected chi connectivity index (χ0v) is 13.8. The minimum Gasteiger partial charge on any atom is -0.381 e. The van der Waals surface area contributed by atoms with E-state index in [0.29, 0.717) is 26.1 Å². The van der Waals surface area contributed by atoms with Gasteiger partial charge < -0.3 is 10.1 Å². The van der Waals surface area contributed by atoms with Gasteiger partial charge in [0.1, 0.15) is 0 Å². The van der Waals surface area contributed by atoms with Crippen molar-refractivity contribution in [2.24, 2.45) is 5.92 Å². The van der Waals surface area contributed by atoms with Crippen molar-refractivity contribution >= 4 is 21.6 Å². The van der Waals surface area contributed by atoms with Crippen LogP contribution in [-0.2, 0) is 19.6 Å². The topological polar surface area (TPSA) is 128 Å². The van der Waals surface area contributed by atoms with Crippen LogP contribution in [0.1, 0.15) is 12.8 Å². The van der Waals surface area contributed by atoms with Gasteiger partial charge in [-0.05, 0) is 18.9 Å². The lowest BCUT2D eigenvalue weighted by molar-refractivity contribution is -0.385. The van der Waals surface area contributed by atoms with Crippen molar-refractivity contribution in [1.29, 1.82) is 0 Å². The molecule has 0 aromatic heterocycles. The van der Waals surface area contributed by atoms with Crippen LogP contribution in [0, 0.1) is 16.0 Å². The Bertz CT molecular complexity index is 700. The van der Waals surface area contributed by atoms with Crippen molar-refractivity contribution in [2.75, 3.05) is 26.3 Å². The fourth-order valence-corrected chi connectivity index (χ4v) is 3.39. The molecule has 10 heteroatoms. The van der Waals surface area contributed by atoms with Gasteiger partial charge in [0.2, 0.25) is 15.9 Å². The van der Waals surface area contributed by atoms with E-state index in [9.17, 15) is 23.3 Å². The molecule has 1 heterocycles. The van der Waals surface area contributed by atoms with E-state index in [4.69, 9.17) is 4.74 Å². The lowest BCUT2D eigenvalue weighted by Gasteiger charge is -2.21. The second-order valence-electron chi connectivity index (χ2n) is 5.33. The van der Waals surface area contributed by atoms with Gasteiger partial charge in [-0.3, -0.25) is 14.9 Å². The van der Waals surface area contributed by atoms with E-state index in [0.717, 1.165) is 6.07 Å². The number of hydrogen-bond donors (Lipinski definition) is 2. The van der Waals surface area contributed by atoms with Crippen molar-refractivity contribution < 1.29 is 22.9 Å². The van der Waals surface area contributed by atoms with E-state index in [2.05, 4.69) is 10.0 Å². The van der Waals surface area contributed by atoms with Gasteiger partial charge in [-0.2, -0.15) is 0 Å². The molecule has 0 saturated carbocycles. The number of nitrogens with one attached hydrogen (secondary N) is 2. The molecule has 2 N–H and O–H groups in total. The molecular formula is C14H19N3O6S. The SMILES string of the molecule is O=C(NCCNS(=O)(=O)c1cccc([N+](=O)[O-])c1)C1CCOCC1. The molecule has 0 atom stereocenters. The van der Waals surface area contributed by atoms with Gasteiger partial charge in [0.05, 0.1) is 9.82 Å². The molecule has 1 aromatic carbocycles. The summed E-state index contributed by atoms with van der Waals surface area (Å²) < 4.78 is 31.7. The van der Waals surface area contributed by atoms with E-state index in [-0.39, 0.29) is 35.5 Å². The number of nitro groups is 1. The summed E-state index contributed by atoms with van der Waals surface area (Å²) in [4.78, 5) is 21.7. The molecule has 1 aromatic rings. The number of carbonyl (C=O) groups is 1. The molecule has 9 nitrogen and oxygen atoms in total. The van der Waals surface area contributed by atoms with E-state index in [1.807, 2.05) is 0 Å². The van der Waals surface area contributed by atoms with E-state index in [1.165, 1.54) is 18.2 Å². The number of non-ortho nitro benzene ring substituents is 1. The standard InChI is InChI=1S/C14H19N3O6S/c18-14(11-4-8-23-9-5-11)15-6-7-16-24(21,22)13-3-1-2-12(10-13)17(19)20/h1-3,10-11,16H,4-9H2,(H,15,18). The molecule has 1 aliphatic heterocycles. The lowest BCUT2D eigenvalue weighted by atomic mass is 9.99. The fraction of sp³-hybridized carbons (Fsp3) is 0.500. The van der Waals surface area contributed by atoms with Gasteiger partial charge in [0.25, 0.3) is 5.69 Å². The second kappa shape index (κ2) is 8.18. The average Bonchev–Trinajstić information content (AvgIpc) is 2.59. The number of sulfonamides is 1. The number of amides is 1. The third kappa shape index (κ3) is 4.98. The first-order chi connectivity index (χ1) is 11.4. The van der Waals surface area contributed by atoms with Gasteiger partial charge in [-0.1, -0.05) is 6.07 Å². The minimum absolute atomic E-state index is 0.0000146. The molecule has 0 spiro atoms. The monoisotopic (exact) mass is 357 g/mol. The van der Waals surface area contributed by atoms with Crippen molar-refractivity contribution in [2.45, 2.75) is 17.7 Å². The van der Waals surface area contributed by atoms with Crippen LogP contribution in [0.2, 0.25) is 0 Å². The highest BCUT2D eigenvalue weighted by atomic mass is 32.2. The maximum absolute atomic E-state index is 12.1. The van der Waals surface area contributed by atoms with Crippen LogP contribution in [-0.4, -0.2) is 45.6 Å². The third-order valence-electron chi connectivity index (χ3n) is 3.65. The first-order valence-corrected chi connectivity index (χ1v) is 8.98. The summed E-state index contributed by atoms with van der Waals surface area (Å²) in [6.07, 6.45) is 1.32. The lowest BCUT2D eigenvalue weighted by Crippen LogP contribution is -2.39. The zero-order valence-electron chi connectivity index (χ0n) is 12.9.